The maximum atomic E-state index is 3.89. The summed E-state index contributed by atoms with van der Waals surface area (Å²) in [6, 6.07) is 0.257. The van der Waals surface area contributed by atoms with E-state index in [4.69, 9.17) is 0 Å². The molecule has 5 heteroatoms. The number of hydrogen-bond donors (Lipinski definition) is 4. The van der Waals surface area contributed by atoms with Crippen LogP contribution in [0.3, 0.4) is 0 Å². The number of hydrazine groups is 2. The third-order valence-corrected chi connectivity index (χ3v) is 1.27. The molecule has 1 atom stereocenters. The molecule has 0 fully saturated rings. The van der Waals surface area contributed by atoms with Crippen molar-refractivity contribution in [3.8, 4) is 0 Å². The van der Waals surface area contributed by atoms with Crippen LogP contribution in [0.25, 0.3) is 0 Å². The van der Waals surface area contributed by atoms with Gasteiger partial charge in [-0.15, -0.1) is 10.6 Å². The van der Waals surface area contributed by atoms with Crippen molar-refractivity contribution in [3.05, 3.63) is 0 Å². The SMILES string of the molecule is CNC(C)C1=NNNN1. The van der Waals surface area contributed by atoms with Gasteiger partial charge < -0.3 is 5.32 Å². The maximum absolute atomic E-state index is 3.89. The number of likely N-dealkylation sites (N-methyl/N-ethyl adjacent to an activating group) is 1. The molecule has 0 aromatic carbocycles. The Labute approximate surface area is 53.8 Å². The molecule has 0 bridgehead atoms. The fourth-order valence-electron chi connectivity index (χ4n) is 0.550. The molecule has 0 amide bonds. The molecule has 1 aliphatic rings. The molecule has 0 aliphatic carbocycles. The third kappa shape index (κ3) is 1.30. The van der Waals surface area contributed by atoms with Crippen LogP contribution in [0.2, 0.25) is 0 Å². The predicted molar refractivity (Wildman–Crippen MR) is 35.4 cm³/mol. The summed E-state index contributed by atoms with van der Waals surface area (Å²) in [5.74, 6) is 0.873. The minimum Gasteiger partial charge on any atom is -0.311 e. The van der Waals surface area contributed by atoms with Crippen LogP contribution in [0.15, 0.2) is 5.10 Å². The molecule has 1 unspecified atom stereocenters. The molecule has 52 valence electrons. The van der Waals surface area contributed by atoms with Gasteiger partial charge in [-0.3, -0.25) is 5.43 Å². The summed E-state index contributed by atoms with van der Waals surface area (Å²) in [7, 11) is 1.88. The zero-order valence-electron chi connectivity index (χ0n) is 5.52. The van der Waals surface area contributed by atoms with Crippen LogP contribution >= 0.6 is 0 Å². The summed E-state index contributed by atoms with van der Waals surface area (Å²) in [6.45, 7) is 2.01. The second-order valence-electron chi connectivity index (χ2n) is 1.87. The molecule has 0 saturated carbocycles. The number of amidine groups is 1. The fraction of sp³-hybridized carbons (Fsp3) is 0.750. The molecule has 0 aromatic heterocycles. The topological polar surface area (TPSA) is 60.5 Å². The van der Waals surface area contributed by atoms with E-state index in [9.17, 15) is 0 Å². The number of hydrogen-bond acceptors (Lipinski definition) is 5. The van der Waals surface area contributed by atoms with E-state index in [-0.39, 0.29) is 6.04 Å². The van der Waals surface area contributed by atoms with E-state index in [1.165, 1.54) is 0 Å². The lowest BCUT2D eigenvalue weighted by molar-refractivity contribution is 0.573. The molecular formula is C4H11N5. The second-order valence-corrected chi connectivity index (χ2v) is 1.87. The first-order valence-electron chi connectivity index (χ1n) is 2.85. The van der Waals surface area contributed by atoms with Crippen molar-refractivity contribution in [2.24, 2.45) is 5.10 Å². The van der Waals surface area contributed by atoms with E-state index < -0.39 is 0 Å². The van der Waals surface area contributed by atoms with Crippen molar-refractivity contribution in [3.63, 3.8) is 0 Å². The lowest BCUT2D eigenvalue weighted by Gasteiger charge is -2.07. The van der Waals surface area contributed by atoms with E-state index in [1.807, 2.05) is 14.0 Å². The maximum Gasteiger partial charge on any atom is 0.156 e. The zero-order chi connectivity index (χ0) is 6.69. The summed E-state index contributed by atoms with van der Waals surface area (Å²) in [4.78, 5) is 0. The molecule has 0 aromatic rings. The number of nitrogens with one attached hydrogen (secondary N) is 4. The monoisotopic (exact) mass is 129 g/mol. The number of hydrazone groups is 1. The van der Waals surface area contributed by atoms with Gasteiger partial charge in [-0.25, -0.2) is 5.53 Å². The summed E-state index contributed by atoms with van der Waals surface area (Å²) in [5, 5.41) is 6.92. The van der Waals surface area contributed by atoms with Crippen molar-refractivity contribution in [1.82, 2.24) is 21.8 Å². The average molecular weight is 129 g/mol. The molecule has 1 heterocycles. The molecule has 5 nitrogen and oxygen atoms in total. The predicted octanol–water partition coefficient (Wildman–Crippen LogP) is -1.48. The van der Waals surface area contributed by atoms with E-state index in [0.717, 1.165) is 5.84 Å². The van der Waals surface area contributed by atoms with Gasteiger partial charge in [-0.05, 0) is 14.0 Å². The second kappa shape index (κ2) is 2.65. The lowest BCUT2D eigenvalue weighted by atomic mass is 10.3. The first-order chi connectivity index (χ1) is 4.34. The third-order valence-electron chi connectivity index (χ3n) is 1.27. The van der Waals surface area contributed by atoms with Crippen LogP contribution < -0.4 is 21.8 Å². The highest BCUT2D eigenvalue weighted by Gasteiger charge is 2.10. The van der Waals surface area contributed by atoms with Gasteiger partial charge in [-0.2, -0.15) is 0 Å². The summed E-state index contributed by atoms with van der Waals surface area (Å²) < 4.78 is 0. The van der Waals surface area contributed by atoms with Gasteiger partial charge in [-0.1, -0.05) is 0 Å². The van der Waals surface area contributed by atoms with Gasteiger partial charge in [0, 0.05) is 0 Å². The first kappa shape index (κ1) is 6.31. The average Bonchev–Trinajstić information content (AvgIpc) is 2.37. The highest BCUT2D eigenvalue weighted by molar-refractivity contribution is 5.87. The molecule has 1 rings (SSSR count). The highest BCUT2D eigenvalue weighted by atomic mass is 15.8. The molecule has 0 radical (unpaired) electrons. The molecular weight excluding hydrogens is 118 g/mol. The minimum atomic E-state index is 0.257. The van der Waals surface area contributed by atoms with Crippen LogP contribution in [0.5, 0.6) is 0 Å². The van der Waals surface area contributed by atoms with Crippen LogP contribution in [0, 0.1) is 0 Å². The lowest BCUT2D eigenvalue weighted by Crippen LogP contribution is -2.43. The Bertz CT molecular complexity index is 120. The van der Waals surface area contributed by atoms with E-state index in [1.54, 1.807) is 0 Å². The first-order valence-corrected chi connectivity index (χ1v) is 2.85. The van der Waals surface area contributed by atoms with Gasteiger partial charge in [0.05, 0.1) is 6.04 Å². The highest BCUT2D eigenvalue weighted by Crippen LogP contribution is 1.83. The largest absolute Gasteiger partial charge is 0.311 e. The number of nitrogens with zero attached hydrogens (tertiary/aromatic N) is 1. The quantitative estimate of drug-likeness (QED) is 0.367. The molecule has 4 N–H and O–H groups in total. The Balaban J connectivity index is 2.40. The molecule has 9 heavy (non-hydrogen) atoms. The van der Waals surface area contributed by atoms with Gasteiger partial charge in [0.1, 0.15) is 0 Å². The zero-order valence-corrected chi connectivity index (χ0v) is 5.52. The molecule has 0 saturated heterocycles. The van der Waals surface area contributed by atoms with Crippen molar-refractivity contribution >= 4 is 5.84 Å². The van der Waals surface area contributed by atoms with E-state index in [2.05, 4.69) is 26.9 Å². The molecule has 0 spiro atoms. The van der Waals surface area contributed by atoms with Gasteiger partial charge >= 0.3 is 0 Å². The van der Waals surface area contributed by atoms with Gasteiger partial charge in [0.25, 0.3) is 0 Å². The van der Waals surface area contributed by atoms with Crippen molar-refractivity contribution in [1.29, 1.82) is 0 Å². The Morgan fingerprint density at radius 2 is 2.44 bits per heavy atom. The smallest absolute Gasteiger partial charge is 0.156 e. The van der Waals surface area contributed by atoms with Crippen LogP contribution in [-0.2, 0) is 0 Å². The van der Waals surface area contributed by atoms with Crippen molar-refractivity contribution in [2.45, 2.75) is 13.0 Å². The Morgan fingerprint density at radius 3 is 2.89 bits per heavy atom. The Kier molecular flexibility index (Phi) is 1.86. The van der Waals surface area contributed by atoms with E-state index >= 15 is 0 Å². The Hall–Kier alpha value is -0.810. The van der Waals surface area contributed by atoms with Crippen molar-refractivity contribution in [2.75, 3.05) is 7.05 Å². The normalized spacial score (nSPS) is 20.0. The Morgan fingerprint density at radius 1 is 1.67 bits per heavy atom. The van der Waals surface area contributed by atoms with Crippen LogP contribution in [0.4, 0.5) is 0 Å². The van der Waals surface area contributed by atoms with Crippen LogP contribution in [0.1, 0.15) is 6.92 Å². The fourth-order valence-corrected chi connectivity index (χ4v) is 0.550. The summed E-state index contributed by atoms with van der Waals surface area (Å²) >= 11 is 0. The van der Waals surface area contributed by atoms with Gasteiger partial charge in [0.2, 0.25) is 0 Å². The van der Waals surface area contributed by atoms with Crippen molar-refractivity contribution < 1.29 is 0 Å². The van der Waals surface area contributed by atoms with Gasteiger partial charge in [0.15, 0.2) is 5.84 Å². The standard InChI is InChI=1S/C4H11N5/c1-3(5-2)4-6-8-9-7-4/h3,5,8-9H,1-2H3,(H,6,7). The molecule has 1 aliphatic heterocycles. The summed E-state index contributed by atoms with van der Waals surface area (Å²) in [6.07, 6.45) is 0. The number of rotatable bonds is 2. The minimum absolute atomic E-state index is 0.257. The van der Waals surface area contributed by atoms with Crippen LogP contribution in [-0.4, -0.2) is 18.9 Å². The summed E-state index contributed by atoms with van der Waals surface area (Å²) in [5.41, 5.74) is 8.05. The van der Waals surface area contributed by atoms with E-state index in [0.29, 0.717) is 0 Å².